The van der Waals surface area contributed by atoms with E-state index in [1.807, 2.05) is 10.8 Å². The number of aromatic nitrogens is 2. The number of hydrogen-bond acceptors (Lipinski definition) is 4. The minimum Gasteiger partial charge on any atom is -0.466 e. The quantitative estimate of drug-likeness (QED) is 0.503. The third-order valence-corrected chi connectivity index (χ3v) is 1.79. The number of carbonyl (C=O) groups is 1. The Morgan fingerprint density at radius 1 is 1.40 bits per heavy atom. The second kappa shape index (κ2) is 7.00. The number of imidazole rings is 1. The Balaban J connectivity index is 1.87. The van der Waals surface area contributed by atoms with Gasteiger partial charge in [-0.2, -0.15) is 0 Å². The highest BCUT2D eigenvalue weighted by Gasteiger charge is 1.94. The molecule has 0 atom stereocenters. The molecule has 0 amide bonds. The topological polar surface area (TPSA) is 53.4 Å². The first-order chi connectivity index (χ1) is 7.29. The summed E-state index contributed by atoms with van der Waals surface area (Å²) in [5.41, 5.74) is 0. The summed E-state index contributed by atoms with van der Waals surface area (Å²) in [4.78, 5) is 14.3. The van der Waals surface area contributed by atoms with Crippen LogP contribution in [-0.2, 0) is 21.0 Å². The van der Waals surface area contributed by atoms with E-state index >= 15 is 0 Å². The van der Waals surface area contributed by atoms with Crippen LogP contribution >= 0.6 is 0 Å². The normalized spacial score (nSPS) is 10.2. The molecule has 0 aromatic carbocycles. The van der Waals surface area contributed by atoms with Gasteiger partial charge >= 0.3 is 5.97 Å². The summed E-state index contributed by atoms with van der Waals surface area (Å²) < 4.78 is 12.0. The molecule has 0 spiro atoms. The van der Waals surface area contributed by atoms with E-state index in [1.54, 1.807) is 12.5 Å². The summed E-state index contributed by atoms with van der Waals surface area (Å²) >= 11 is 0. The van der Waals surface area contributed by atoms with Crippen LogP contribution < -0.4 is 0 Å². The lowest BCUT2D eigenvalue weighted by molar-refractivity contribution is -0.141. The Morgan fingerprint density at radius 2 is 2.20 bits per heavy atom. The van der Waals surface area contributed by atoms with Gasteiger partial charge in [0.2, 0.25) is 0 Å². The zero-order valence-electron chi connectivity index (χ0n) is 8.89. The smallest absolute Gasteiger partial charge is 0.302 e. The lowest BCUT2D eigenvalue weighted by atomic mass is 10.3. The first kappa shape index (κ1) is 11.7. The van der Waals surface area contributed by atoms with E-state index in [9.17, 15) is 4.79 Å². The molecule has 1 heterocycles. The van der Waals surface area contributed by atoms with Crippen LogP contribution in [0.15, 0.2) is 18.7 Å². The summed E-state index contributed by atoms with van der Waals surface area (Å²) in [5, 5.41) is 0. The molecular weight excluding hydrogens is 196 g/mol. The van der Waals surface area contributed by atoms with Crippen molar-refractivity contribution in [3.8, 4) is 0 Å². The Labute approximate surface area is 89.0 Å². The number of carbonyl (C=O) groups excluding carboxylic acids is 1. The molecule has 1 aromatic heterocycles. The molecule has 84 valence electrons. The van der Waals surface area contributed by atoms with Gasteiger partial charge in [0.1, 0.15) is 6.73 Å². The van der Waals surface area contributed by atoms with Gasteiger partial charge in [0.15, 0.2) is 0 Å². The van der Waals surface area contributed by atoms with E-state index in [4.69, 9.17) is 9.47 Å². The van der Waals surface area contributed by atoms with Gasteiger partial charge < -0.3 is 14.0 Å². The molecule has 5 nitrogen and oxygen atoms in total. The molecule has 1 aromatic rings. The number of ether oxygens (including phenoxy) is 2. The van der Waals surface area contributed by atoms with Crippen LogP contribution in [0, 0.1) is 0 Å². The fourth-order valence-corrected chi connectivity index (χ4v) is 1.06. The van der Waals surface area contributed by atoms with Gasteiger partial charge in [-0.15, -0.1) is 0 Å². The van der Waals surface area contributed by atoms with Gasteiger partial charge in [-0.1, -0.05) is 0 Å². The maximum atomic E-state index is 10.4. The molecule has 5 heteroatoms. The molecule has 0 N–H and O–H groups in total. The molecule has 0 bridgehead atoms. The Hall–Kier alpha value is -1.36. The summed E-state index contributed by atoms with van der Waals surface area (Å²) in [6.45, 7) is 3.08. The summed E-state index contributed by atoms with van der Waals surface area (Å²) in [5.74, 6) is -0.227. The van der Waals surface area contributed by atoms with Crippen LogP contribution in [0.3, 0.4) is 0 Å². The lowest BCUT2D eigenvalue weighted by Crippen LogP contribution is -2.04. The van der Waals surface area contributed by atoms with Crippen LogP contribution in [0.1, 0.15) is 19.8 Å². The minimum atomic E-state index is -0.227. The average molecular weight is 212 g/mol. The van der Waals surface area contributed by atoms with Crippen LogP contribution in [0.4, 0.5) is 0 Å². The van der Waals surface area contributed by atoms with Gasteiger partial charge in [0, 0.05) is 25.9 Å². The summed E-state index contributed by atoms with van der Waals surface area (Å²) in [6, 6.07) is 0. The number of esters is 1. The molecule has 0 aliphatic rings. The monoisotopic (exact) mass is 212 g/mol. The predicted molar refractivity (Wildman–Crippen MR) is 54.0 cm³/mol. The van der Waals surface area contributed by atoms with Crippen molar-refractivity contribution in [3.63, 3.8) is 0 Å². The molecule has 0 unspecified atom stereocenters. The maximum Gasteiger partial charge on any atom is 0.302 e. The molecule has 0 saturated heterocycles. The minimum absolute atomic E-state index is 0.227. The van der Waals surface area contributed by atoms with Gasteiger partial charge in [0.25, 0.3) is 0 Å². The standard InChI is InChI=1S/C10H16N2O3/c1-10(13)15-7-3-2-6-14-9-12-5-4-11-8-12/h4-5,8H,2-3,6-7,9H2,1H3. The summed E-state index contributed by atoms with van der Waals surface area (Å²) in [7, 11) is 0. The fraction of sp³-hybridized carbons (Fsp3) is 0.600. The molecule has 0 aliphatic carbocycles. The maximum absolute atomic E-state index is 10.4. The van der Waals surface area contributed by atoms with Crippen LogP contribution in [0.2, 0.25) is 0 Å². The highest BCUT2D eigenvalue weighted by Crippen LogP contribution is 1.94. The largest absolute Gasteiger partial charge is 0.466 e. The van der Waals surface area contributed by atoms with Crippen molar-refractivity contribution in [1.29, 1.82) is 0 Å². The van der Waals surface area contributed by atoms with E-state index in [1.165, 1.54) is 6.92 Å². The summed E-state index contributed by atoms with van der Waals surface area (Å²) in [6.07, 6.45) is 6.99. The van der Waals surface area contributed by atoms with E-state index in [0.717, 1.165) is 12.8 Å². The first-order valence-electron chi connectivity index (χ1n) is 4.96. The van der Waals surface area contributed by atoms with Crippen molar-refractivity contribution in [2.75, 3.05) is 13.2 Å². The van der Waals surface area contributed by atoms with Gasteiger partial charge in [-0.3, -0.25) is 4.79 Å². The van der Waals surface area contributed by atoms with Crippen LogP contribution in [-0.4, -0.2) is 28.7 Å². The zero-order chi connectivity index (χ0) is 10.9. The molecule has 15 heavy (non-hydrogen) atoms. The number of hydrogen-bond donors (Lipinski definition) is 0. The molecule has 0 saturated carbocycles. The average Bonchev–Trinajstić information content (AvgIpc) is 2.68. The van der Waals surface area contributed by atoms with Crippen molar-refractivity contribution in [2.24, 2.45) is 0 Å². The Morgan fingerprint density at radius 3 is 2.87 bits per heavy atom. The second-order valence-electron chi connectivity index (χ2n) is 3.16. The molecule has 0 aliphatic heterocycles. The molecule has 0 fully saturated rings. The third kappa shape index (κ3) is 5.85. The number of unbranched alkanes of at least 4 members (excludes halogenated alkanes) is 1. The Kier molecular flexibility index (Phi) is 5.47. The van der Waals surface area contributed by atoms with Crippen LogP contribution in [0.5, 0.6) is 0 Å². The van der Waals surface area contributed by atoms with Crippen molar-refractivity contribution < 1.29 is 14.3 Å². The van der Waals surface area contributed by atoms with E-state index in [-0.39, 0.29) is 5.97 Å². The molecular formula is C10H16N2O3. The van der Waals surface area contributed by atoms with Crippen LogP contribution in [0.25, 0.3) is 0 Å². The van der Waals surface area contributed by atoms with Gasteiger partial charge in [-0.25, -0.2) is 4.98 Å². The molecule has 1 rings (SSSR count). The van der Waals surface area contributed by atoms with E-state index in [0.29, 0.717) is 19.9 Å². The highest BCUT2D eigenvalue weighted by atomic mass is 16.5. The SMILES string of the molecule is CC(=O)OCCCCOCn1ccnc1. The van der Waals surface area contributed by atoms with E-state index in [2.05, 4.69) is 4.98 Å². The van der Waals surface area contributed by atoms with Crippen molar-refractivity contribution >= 4 is 5.97 Å². The van der Waals surface area contributed by atoms with Crippen molar-refractivity contribution in [3.05, 3.63) is 18.7 Å². The second-order valence-corrected chi connectivity index (χ2v) is 3.16. The highest BCUT2D eigenvalue weighted by molar-refractivity contribution is 5.65. The number of nitrogens with zero attached hydrogens (tertiary/aromatic N) is 2. The third-order valence-electron chi connectivity index (χ3n) is 1.79. The van der Waals surface area contributed by atoms with Gasteiger partial charge in [-0.05, 0) is 12.8 Å². The van der Waals surface area contributed by atoms with Gasteiger partial charge in [0.05, 0.1) is 12.9 Å². The Bertz CT molecular complexity index is 272. The molecule has 0 radical (unpaired) electrons. The van der Waals surface area contributed by atoms with Crippen molar-refractivity contribution in [2.45, 2.75) is 26.5 Å². The fourth-order valence-electron chi connectivity index (χ4n) is 1.06. The lowest BCUT2D eigenvalue weighted by Gasteiger charge is -2.04. The zero-order valence-corrected chi connectivity index (χ0v) is 8.89. The predicted octanol–water partition coefficient (Wildman–Crippen LogP) is 1.20. The number of rotatable bonds is 7. The van der Waals surface area contributed by atoms with E-state index < -0.39 is 0 Å². The first-order valence-corrected chi connectivity index (χ1v) is 4.96. The van der Waals surface area contributed by atoms with Crippen molar-refractivity contribution in [1.82, 2.24) is 9.55 Å².